The van der Waals surface area contributed by atoms with E-state index in [2.05, 4.69) is 17.2 Å². The lowest BCUT2D eigenvalue weighted by Gasteiger charge is -2.11. The number of carbonyl (C=O) groups excluding carboxylic acids is 1. The van der Waals surface area contributed by atoms with E-state index < -0.39 is 0 Å². The van der Waals surface area contributed by atoms with Gasteiger partial charge in [-0.2, -0.15) is 5.10 Å². The van der Waals surface area contributed by atoms with Crippen LogP contribution in [-0.4, -0.2) is 22.4 Å². The summed E-state index contributed by atoms with van der Waals surface area (Å²) in [6.07, 6.45) is 4.16. The molecule has 3 rings (SSSR count). The largest absolute Gasteiger partial charge is 0.461 e. The lowest BCUT2D eigenvalue weighted by molar-refractivity contribution is 0.0511. The third-order valence-corrected chi connectivity index (χ3v) is 3.87. The zero-order valence-electron chi connectivity index (χ0n) is 12.3. The molecule has 4 nitrogen and oxygen atoms in total. The molecule has 0 radical (unpaired) electrons. The number of rotatable bonds is 4. The molecule has 0 unspecified atom stereocenters. The van der Waals surface area contributed by atoms with Crippen molar-refractivity contribution in [2.24, 2.45) is 0 Å². The normalized spacial score (nSPS) is 13.8. The highest BCUT2D eigenvalue weighted by Gasteiger charge is 2.26. The van der Waals surface area contributed by atoms with Crippen LogP contribution in [0.4, 0.5) is 0 Å². The van der Waals surface area contributed by atoms with E-state index in [0.29, 0.717) is 18.8 Å². The third kappa shape index (κ3) is 2.84. The van der Waals surface area contributed by atoms with Gasteiger partial charge in [0.2, 0.25) is 0 Å². The van der Waals surface area contributed by atoms with Crippen LogP contribution in [0.5, 0.6) is 0 Å². The minimum atomic E-state index is -0.246. The predicted octanol–water partition coefficient (Wildman–Crippen LogP) is 2.99. The summed E-state index contributed by atoms with van der Waals surface area (Å²) in [4.78, 5) is 12.3. The Morgan fingerprint density at radius 2 is 2.00 bits per heavy atom. The van der Waals surface area contributed by atoms with E-state index in [4.69, 9.17) is 4.74 Å². The van der Waals surface area contributed by atoms with E-state index in [1.807, 2.05) is 29.8 Å². The van der Waals surface area contributed by atoms with Crippen molar-refractivity contribution < 1.29 is 9.53 Å². The smallest absolute Gasteiger partial charge is 0.356 e. The van der Waals surface area contributed by atoms with Crippen LogP contribution in [-0.2, 0) is 24.1 Å². The maximum Gasteiger partial charge on any atom is 0.356 e. The highest BCUT2D eigenvalue weighted by atomic mass is 16.5. The van der Waals surface area contributed by atoms with E-state index in [9.17, 15) is 4.79 Å². The third-order valence-electron chi connectivity index (χ3n) is 3.87. The molecule has 4 heteroatoms. The van der Waals surface area contributed by atoms with Crippen LogP contribution in [0.2, 0.25) is 0 Å². The second-order valence-corrected chi connectivity index (χ2v) is 5.34. The number of esters is 1. The molecule has 21 heavy (non-hydrogen) atoms. The molecule has 2 aromatic rings. The van der Waals surface area contributed by atoms with Crippen molar-refractivity contribution in [1.29, 1.82) is 0 Å². The van der Waals surface area contributed by atoms with Gasteiger partial charge in [-0.05, 0) is 38.2 Å². The summed E-state index contributed by atoms with van der Waals surface area (Å²) in [6, 6.07) is 10.1. The van der Waals surface area contributed by atoms with Crippen LogP contribution in [0.15, 0.2) is 30.3 Å². The monoisotopic (exact) mass is 284 g/mol. The van der Waals surface area contributed by atoms with Gasteiger partial charge in [0.15, 0.2) is 0 Å². The molecule has 0 bridgehead atoms. The average molecular weight is 284 g/mol. The molecule has 0 spiro atoms. The highest BCUT2D eigenvalue weighted by Crippen LogP contribution is 2.25. The zero-order chi connectivity index (χ0) is 14.7. The number of benzene rings is 1. The fourth-order valence-corrected chi connectivity index (χ4v) is 2.91. The van der Waals surface area contributed by atoms with Gasteiger partial charge in [0.1, 0.15) is 5.69 Å². The summed E-state index contributed by atoms with van der Waals surface area (Å²) in [7, 11) is 0. The van der Waals surface area contributed by atoms with Crippen molar-refractivity contribution >= 4 is 5.97 Å². The first-order valence-corrected chi connectivity index (χ1v) is 7.59. The number of carbonyl (C=O) groups is 1. The minimum absolute atomic E-state index is 0.246. The van der Waals surface area contributed by atoms with Crippen molar-refractivity contribution in [2.75, 3.05) is 6.61 Å². The van der Waals surface area contributed by atoms with Gasteiger partial charge in [0, 0.05) is 5.56 Å². The maximum absolute atomic E-state index is 12.3. The Morgan fingerprint density at radius 1 is 1.24 bits per heavy atom. The van der Waals surface area contributed by atoms with E-state index in [-0.39, 0.29) is 5.97 Å². The van der Waals surface area contributed by atoms with Gasteiger partial charge < -0.3 is 4.74 Å². The summed E-state index contributed by atoms with van der Waals surface area (Å²) in [5, 5.41) is 4.67. The Bertz CT molecular complexity index is 632. The van der Waals surface area contributed by atoms with Crippen LogP contribution < -0.4 is 0 Å². The minimum Gasteiger partial charge on any atom is -0.461 e. The molecule has 1 aliphatic carbocycles. The van der Waals surface area contributed by atoms with Gasteiger partial charge in [-0.1, -0.05) is 30.3 Å². The van der Waals surface area contributed by atoms with Crippen LogP contribution in [0.1, 0.15) is 47.1 Å². The number of ether oxygens (including phenoxy) is 1. The van der Waals surface area contributed by atoms with Crippen LogP contribution in [0, 0.1) is 0 Å². The van der Waals surface area contributed by atoms with E-state index in [1.165, 1.54) is 0 Å². The van der Waals surface area contributed by atoms with Crippen LogP contribution in [0.3, 0.4) is 0 Å². The molecule has 0 saturated carbocycles. The molecular weight excluding hydrogens is 264 g/mol. The lowest BCUT2D eigenvalue weighted by Crippen LogP contribution is -2.16. The first-order valence-electron chi connectivity index (χ1n) is 7.59. The summed E-state index contributed by atoms with van der Waals surface area (Å²) in [6.45, 7) is 2.84. The Balaban J connectivity index is 1.98. The Hall–Kier alpha value is -2.10. The second kappa shape index (κ2) is 6.12. The average Bonchev–Trinajstić information content (AvgIpc) is 2.86. The van der Waals surface area contributed by atoms with Crippen molar-refractivity contribution in [1.82, 2.24) is 9.78 Å². The fourth-order valence-electron chi connectivity index (χ4n) is 2.91. The first-order chi connectivity index (χ1) is 10.3. The first kappa shape index (κ1) is 13.9. The summed E-state index contributed by atoms with van der Waals surface area (Å²) in [5.74, 6) is -0.246. The Morgan fingerprint density at radius 3 is 2.76 bits per heavy atom. The summed E-state index contributed by atoms with van der Waals surface area (Å²) < 4.78 is 7.05. The van der Waals surface area contributed by atoms with Crippen LogP contribution in [0.25, 0.3) is 0 Å². The maximum atomic E-state index is 12.3. The van der Waals surface area contributed by atoms with Crippen molar-refractivity contribution in [3.63, 3.8) is 0 Å². The van der Waals surface area contributed by atoms with E-state index >= 15 is 0 Å². The summed E-state index contributed by atoms with van der Waals surface area (Å²) in [5.41, 5.74) is 3.95. The van der Waals surface area contributed by atoms with Gasteiger partial charge in [-0.25, -0.2) is 4.79 Å². The molecule has 0 amide bonds. The van der Waals surface area contributed by atoms with Crippen LogP contribution >= 0.6 is 0 Å². The number of hydrogen-bond acceptors (Lipinski definition) is 3. The number of aryl methyl sites for hydroxylation is 1. The predicted molar refractivity (Wildman–Crippen MR) is 80.4 cm³/mol. The molecule has 0 N–H and O–H groups in total. The Labute approximate surface area is 124 Å². The quantitative estimate of drug-likeness (QED) is 0.811. The van der Waals surface area contributed by atoms with Crippen molar-refractivity contribution in [3.8, 4) is 0 Å². The number of aromatic nitrogens is 2. The zero-order valence-corrected chi connectivity index (χ0v) is 12.3. The van der Waals surface area contributed by atoms with Gasteiger partial charge in [0.05, 0.1) is 18.8 Å². The standard InChI is InChI=1S/C17H20N2O2/c1-2-21-17(20)16-14-10-6-7-11-15(14)18-19(16)12-13-8-4-3-5-9-13/h3-5,8-9H,2,6-7,10-12H2,1H3. The molecule has 1 heterocycles. The number of hydrogen-bond donors (Lipinski definition) is 0. The molecular formula is C17H20N2O2. The highest BCUT2D eigenvalue weighted by molar-refractivity contribution is 5.89. The molecule has 0 atom stereocenters. The molecule has 1 aliphatic rings. The SMILES string of the molecule is CCOC(=O)c1c2c(nn1Cc1ccccc1)CCCC2. The summed E-state index contributed by atoms with van der Waals surface area (Å²) >= 11 is 0. The molecule has 1 aromatic carbocycles. The molecule has 0 saturated heterocycles. The number of nitrogens with zero attached hydrogens (tertiary/aromatic N) is 2. The fraction of sp³-hybridized carbons (Fsp3) is 0.412. The van der Waals surface area contributed by atoms with Crippen molar-refractivity contribution in [2.45, 2.75) is 39.2 Å². The van der Waals surface area contributed by atoms with Gasteiger partial charge in [-0.15, -0.1) is 0 Å². The molecule has 0 fully saturated rings. The van der Waals surface area contributed by atoms with Gasteiger partial charge in [0.25, 0.3) is 0 Å². The molecule has 1 aromatic heterocycles. The lowest BCUT2D eigenvalue weighted by atomic mass is 9.96. The van der Waals surface area contributed by atoms with E-state index in [0.717, 1.165) is 42.5 Å². The van der Waals surface area contributed by atoms with Gasteiger partial charge >= 0.3 is 5.97 Å². The molecule has 110 valence electrons. The van der Waals surface area contributed by atoms with Crippen molar-refractivity contribution in [3.05, 3.63) is 52.8 Å². The topological polar surface area (TPSA) is 44.1 Å². The van der Waals surface area contributed by atoms with E-state index in [1.54, 1.807) is 0 Å². The second-order valence-electron chi connectivity index (χ2n) is 5.34. The molecule has 0 aliphatic heterocycles. The number of fused-ring (bicyclic) bond motifs is 1. The Kier molecular flexibility index (Phi) is 4.04. The van der Waals surface area contributed by atoms with Gasteiger partial charge in [-0.3, -0.25) is 4.68 Å².